The van der Waals surface area contributed by atoms with Gasteiger partial charge in [0.2, 0.25) is 5.79 Å². The molecule has 0 spiro atoms. The van der Waals surface area contributed by atoms with Crippen LogP contribution in [0.5, 0.6) is 5.75 Å². The number of ether oxygens (including phenoxy) is 2. The highest BCUT2D eigenvalue weighted by molar-refractivity contribution is 6.75. The van der Waals surface area contributed by atoms with Gasteiger partial charge in [0.25, 0.3) is 0 Å². The van der Waals surface area contributed by atoms with Crippen molar-refractivity contribution in [3.8, 4) is 5.75 Å². The van der Waals surface area contributed by atoms with Crippen LogP contribution in [0.4, 0.5) is 0 Å². The summed E-state index contributed by atoms with van der Waals surface area (Å²) >= 11 is 0. The molecule has 2 rings (SSSR count). The third-order valence-electron chi connectivity index (χ3n) is 4.59. The molecule has 1 aliphatic heterocycles. The average molecular weight is 369 g/mol. The summed E-state index contributed by atoms with van der Waals surface area (Å²) in [7, 11) is -2.91. The van der Waals surface area contributed by atoms with Gasteiger partial charge in [-0.2, -0.15) is 0 Å². The van der Waals surface area contributed by atoms with E-state index < -0.39 is 14.6 Å². The molecule has 0 saturated carbocycles. The first-order chi connectivity index (χ1) is 11.7. The zero-order chi connectivity index (χ0) is 18.7. The van der Waals surface area contributed by atoms with E-state index in [-0.39, 0.29) is 5.41 Å². The van der Waals surface area contributed by atoms with Crippen LogP contribution < -0.4 is 9.92 Å². The van der Waals surface area contributed by atoms with Gasteiger partial charge in [0, 0.05) is 42.9 Å². The molecule has 0 bridgehead atoms. The van der Waals surface area contributed by atoms with Gasteiger partial charge in [-0.05, 0) is 32.9 Å². The van der Waals surface area contributed by atoms with Gasteiger partial charge in [0.05, 0.1) is 6.61 Å². The number of hydrogen-bond donors (Lipinski definition) is 0. The van der Waals surface area contributed by atoms with Crippen molar-refractivity contribution in [1.82, 2.24) is 0 Å². The summed E-state index contributed by atoms with van der Waals surface area (Å²) in [4.78, 5) is 0. The van der Waals surface area contributed by atoms with Crippen LogP contribution in [0, 0.1) is 5.41 Å². The second-order valence-corrected chi connectivity index (χ2v) is 9.82. The van der Waals surface area contributed by atoms with Crippen LogP contribution >= 0.6 is 0 Å². The zero-order valence-corrected chi connectivity index (χ0v) is 17.6. The molecule has 5 nitrogen and oxygen atoms in total. The maximum absolute atomic E-state index is 6.20. The van der Waals surface area contributed by atoms with Crippen molar-refractivity contribution < 1.29 is 22.8 Å². The lowest BCUT2D eigenvalue weighted by atomic mass is 9.86. The van der Waals surface area contributed by atoms with Crippen LogP contribution in [-0.4, -0.2) is 34.4 Å². The van der Waals surface area contributed by atoms with Gasteiger partial charge in [-0.1, -0.05) is 26.8 Å². The van der Waals surface area contributed by atoms with Crippen molar-refractivity contribution in [2.75, 3.05) is 19.8 Å². The van der Waals surface area contributed by atoms with E-state index in [1.165, 1.54) is 0 Å². The maximum Gasteiger partial charge on any atom is 0.537 e. The van der Waals surface area contributed by atoms with Gasteiger partial charge >= 0.3 is 8.80 Å². The van der Waals surface area contributed by atoms with Crippen LogP contribution in [-0.2, 0) is 24.6 Å². The largest absolute Gasteiger partial charge is 0.537 e. The number of fused-ring (bicyclic) bond motifs is 1. The third-order valence-corrected chi connectivity index (χ3v) is 7.61. The minimum absolute atomic E-state index is 0.135. The van der Waals surface area contributed by atoms with E-state index in [1.807, 2.05) is 45.9 Å². The van der Waals surface area contributed by atoms with Gasteiger partial charge in [-0.3, -0.25) is 0 Å². The Morgan fingerprint density at radius 1 is 1.04 bits per heavy atom. The van der Waals surface area contributed by atoms with E-state index >= 15 is 0 Å². The van der Waals surface area contributed by atoms with Crippen molar-refractivity contribution in [3.05, 3.63) is 23.8 Å². The summed E-state index contributed by atoms with van der Waals surface area (Å²) in [5.74, 6) is 0.190. The Balaban J connectivity index is 2.37. The van der Waals surface area contributed by atoms with Crippen LogP contribution in [0.15, 0.2) is 18.2 Å². The second-order valence-electron chi connectivity index (χ2n) is 7.26. The first-order valence-electron chi connectivity index (χ1n) is 9.09. The second kappa shape index (κ2) is 7.76. The predicted molar refractivity (Wildman–Crippen MR) is 100.0 cm³/mol. The summed E-state index contributed by atoms with van der Waals surface area (Å²) in [6.07, 6.45) is 0. The predicted octanol–water partition coefficient (Wildman–Crippen LogP) is 3.61. The molecule has 25 heavy (non-hydrogen) atoms. The zero-order valence-electron chi connectivity index (χ0n) is 16.6. The van der Waals surface area contributed by atoms with Crippen molar-refractivity contribution in [1.29, 1.82) is 0 Å². The molecule has 1 heterocycles. The highest BCUT2D eigenvalue weighted by atomic mass is 28.4. The molecule has 1 aromatic rings. The fraction of sp³-hybridized carbons (Fsp3) is 0.684. The third kappa shape index (κ3) is 4.09. The lowest BCUT2D eigenvalue weighted by Crippen LogP contribution is -2.57. The normalized spacial score (nSPS) is 20.9. The van der Waals surface area contributed by atoms with Crippen molar-refractivity contribution in [2.45, 2.75) is 60.9 Å². The molecule has 0 fully saturated rings. The van der Waals surface area contributed by atoms with Crippen LogP contribution in [0.2, 0.25) is 0 Å². The lowest BCUT2D eigenvalue weighted by Gasteiger charge is -2.44. The topological polar surface area (TPSA) is 46.2 Å². The van der Waals surface area contributed by atoms with Gasteiger partial charge in [-0.25, -0.2) is 0 Å². The van der Waals surface area contributed by atoms with Gasteiger partial charge < -0.3 is 22.8 Å². The first-order valence-corrected chi connectivity index (χ1v) is 10.8. The highest BCUT2D eigenvalue weighted by Crippen LogP contribution is 2.41. The molecule has 0 saturated heterocycles. The molecule has 1 aromatic carbocycles. The van der Waals surface area contributed by atoms with E-state index in [4.69, 9.17) is 22.8 Å². The molecule has 0 aliphatic carbocycles. The average Bonchev–Trinajstić information content (AvgIpc) is 2.54. The summed E-state index contributed by atoms with van der Waals surface area (Å²) in [6, 6.07) is 6.03. The Labute approximate surface area is 152 Å². The standard InChI is InChI=1S/C19H32O5Si/c1-8-21-25(22-9-2,23-10-3)16-11-12-17-15(13-16)14-20-19(7,24-17)18(4,5)6/h11-13H,8-10,14H2,1-7H3. The number of rotatable bonds is 7. The fourth-order valence-corrected chi connectivity index (χ4v) is 5.28. The van der Waals surface area contributed by atoms with E-state index in [2.05, 4.69) is 20.8 Å². The molecule has 0 aromatic heterocycles. The lowest BCUT2D eigenvalue weighted by molar-refractivity contribution is -0.249. The summed E-state index contributed by atoms with van der Waals surface area (Å²) in [5.41, 5.74) is 0.860. The van der Waals surface area contributed by atoms with Gasteiger partial charge in [-0.15, -0.1) is 0 Å². The van der Waals surface area contributed by atoms with Crippen LogP contribution in [0.25, 0.3) is 0 Å². The first kappa shape index (κ1) is 20.4. The molecule has 0 radical (unpaired) electrons. The Morgan fingerprint density at radius 2 is 1.60 bits per heavy atom. The molecule has 0 amide bonds. The highest BCUT2D eigenvalue weighted by Gasteiger charge is 2.46. The van der Waals surface area contributed by atoms with E-state index in [0.29, 0.717) is 26.4 Å². The summed E-state index contributed by atoms with van der Waals surface area (Å²) in [5, 5.41) is 0.948. The Kier molecular flexibility index (Phi) is 6.33. The minimum Gasteiger partial charge on any atom is -0.462 e. The van der Waals surface area contributed by atoms with Crippen molar-refractivity contribution in [2.24, 2.45) is 5.41 Å². The Bertz CT molecular complexity index is 567. The van der Waals surface area contributed by atoms with Gasteiger partial charge in [0.1, 0.15) is 5.75 Å². The number of hydrogen-bond acceptors (Lipinski definition) is 5. The van der Waals surface area contributed by atoms with Crippen LogP contribution in [0.1, 0.15) is 54.0 Å². The van der Waals surface area contributed by atoms with E-state index in [0.717, 1.165) is 16.5 Å². The molecule has 1 aliphatic rings. The van der Waals surface area contributed by atoms with Crippen LogP contribution in [0.3, 0.4) is 0 Å². The molecule has 1 unspecified atom stereocenters. The molecular weight excluding hydrogens is 336 g/mol. The molecular formula is C19H32O5Si. The Morgan fingerprint density at radius 3 is 2.08 bits per heavy atom. The smallest absolute Gasteiger partial charge is 0.462 e. The van der Waals surface area contributed by atoms with Crippen molar-refractivity contribution in [3.63, 3.8) is 0 Å². The minimum atomic E-state index is -2.91. The molecule has 0 N–H and O–H groups in total. The van der Waals surface area contributed by atoms with Crippen molar-refractivity contribution >= 4 is 14.0 Å². The summed E-state index contributed by atoms with van der Waals surface area (Å²) in [6.45, 7) is 16.3. The molecule has 142 valence electrons. The maximum atomic E-state index is 6.20. The molecule has 6 heteroatoms. The Hall–Kier alpha value is -0.923. The monoisotopic (exact) mass is 368 g/mol. The fourth-order valence-electron chi connectivity index (χ4n) is 2.75. The van der Waals surface area contributed by atoms with E-state index in [9.17, 15) is 0 Å². The van der Waals surface area contributed by atoms with E-state index in [1.54, 1.807) is 0 Å². The number of benzene rings is 1. The summed E-state index contributed by atoms with van der Waals surface area (Å²) < 4.78 is 30.3. The molecule has 1 atom stereocenters. The van der Waals surface area contributed by atoms with Gasteiger partial charge in [0.15, 0.2) is 0 Å². The quantitative estimate of drug-likeness (QED) is 0.688. The SMILES string of the molecule is CCO[Si](OCC)(OCC)c1ccc2c(c1)COC(C)(C(C)(C)C)O2.